The summed E-state index contributed by atoms with van der Waals surface area (Å²) in [4.78, 5) is 72.7. The number of β-lactam (4-membered cyclic amide) rings is 1. The fraction of sp³-hybridized carbons (Fsp3) is 0.458. The molecule has 45 heavy (non-hydrogen) atoms. The molecule has 21 heteroatoms. The third-order valence-electron chi connectivity index (χ3n) is 6.84. The van der Waals surface area contributed by atoms with Crippen molar-refractivity contribution >= 4 is 75.6 Å². The second-order valence-corrected chi connectivity index (χ2v) is 12.2. The standard InChI is InChI=1S/C24H31N11O7S2.H2O/c1-24(2,21(39)40)42-31-16(18-30-22(27)44-32-18)15(37)6-12-19(38)35-14(9-36)11(10-43-20(12)35)7-34-8-13(17(26)33(34)3)29-23(41)28-5-4-25;/h8-9,12,20,26H,4-7,10,25H2,1-3H3,(H5,27,28,29,30,32,39,40,41);1H2/b31-16+;/t12-,20?;/m1./s1. The van der Waals surface area contributed by atoms with Gasteiger partial charge in [0.1, 0.15) is 0 Å². The van der Waals surface area contributed by atoms with Gasteiger partial charge in [-0.3, -0.25) is 24.6 Å². The lowest BCUT2D eigenvalue weighted by atomic mass is 9.89. The molecule has 1 fully saturated rings. The van der Waals surface area contributed by atoms with Gasteiger partial charge < -0.3 is 37.9 Å². The van der Waals surface area contributed by atoms with Gasteiger partial charge in [0.25, 0.3) is 0 Å². The average molecular weight is 668 g/mol. The van der Waals surface area contributed by atoms with Crippen LogP contribution in [0, 0.1) is 5.92 Å². The van der Waals surface area contributed by atoms with Gasteiger partial charge >= 0.3 is 12.0 Å². The number of rotatable bonds is 13. The Hall–Kier alpha value is -4.60. The topological polar surface area (TPSA) is 297 Å². The van der Waals surface area contributed by atoms with Gasteiger partial charge in [0, 0.05) is 42.4 Å². The van der Waals surface area contributed by atoms with Gasteiger partial charge in [-0.25, -0.2) is 9.59 Å². The minimum absolute atomic E-state index is 0. The summed E-state index contributed by atoms with van der Waals surface area (Å²) in [7, 11) is 1.68. The summed E-state index contributed by atoms with van der Waals surface area (Å²) < 4.78 is 7.26. The van der Waals surface area contributed by atoms with Crippen molar-refractivity contribution in [2.24, 2.45) is 23.9 Å². The number of carboxylic acid groups (broad SMARTS) is 1. The Balaban J connectivity index is 0.00000552. The number of aliphatic carboxylic acids is 1. The molecule has 0 radical (unpaired) electrons. The molecule has 4 heterocycles. The molecule has 1 unspecified atom stereocenters. The molecule has 2 aromatic rings. The number of allylic oxidation sites excluding steroid dienone is 1. The lowest BCUT2D eigenvalue weighted by Crippen LogP contribution is -2.61. The first kappa shape index (κ1) is 34.9. The summed E-state index contributed by atoms with van der Waals surface area (Å²) in [6.07, 6.45) is 1.89. The number of carboxylic acids is 1. The largest absolute Gasteiger partial charge is 0.870 e. The highest BCUT2D eigenvalue weighted by atomic mass is 32.2. The van der Waals surface area contributed by atoms with Gasteiger partial charge in [0.05, 0.1) is 24.0 Å². The van der Waals surface area contributed by atoms with E-state index in [4.69, 9.17) is 22.0 Å². The minimum atomic E-state index is -1.76. The molecule has 0 spiro atoms. The molecule has 19 nitrogen and oxygen atoms in total. The number of fused-ring (bicyclic) bond motifs is 1. The molecular formula is C24H33N11O8S2. The monoisotopic (exact) mass is 667 g/mol. The van der Waals surface area contributed by atoms with Crippen LogP contribution >= 0.6 is 23.3 Å². The van der Waals surface area contributed by atoms with E-state index in [1.165, 1.54) is 30.5 Å². The van der Waals surface area contributed by atoms with Crippen LogP contribution in [0.5, 0.6) is 0 Å². The Labute approximate surface area is 264 Å². The number of nitrogens with one attached hydrogen (secondary N) is 2. The number of ketones is 1. The Morgan fingerprint density at radius 1 is 1.33 bits per heavy atom. The average Bonchev–Trinajstić information content (AvgIpc) is 3.52. The molecule has 0 aromatic carbocycles. The first-order valence-corrected chi connectivity index (χ1v) is 14.9. The highest BCUT2D eigenvalue weighted by Crippen LogP contribution is 2.44. The molecule has 0 saturated carbocycles. The van der Waals surface area contributed by atoms with E-state index in [1.807, 2.05) is 0 Å². The number of hydrogen-bond donors (Lipinski definition) is 6. The number of aldehydes is 1. The van der Waals surface area contributed by atoms with E-state index in [1.54, 1.807) is 22.6 Å². The van der Waals surface area contributed by atoms with Gasteiger partial charge in [-0.05, 0) is 13.8 Å². The summed E-state index contributed by atoms with van der Waals surface area (Å²) in [5.41, 5.74) is 16.3. The van der Waals surface area contributed by atoms with Crippen molar-refractivity contribution in [3.05, 3.63) is 23.3 Å². The number of nitrogens with two attached hydrogens (primary N) is 3. The van der Waals surface area contributed by atoms with Crippen LogP contribution in [0.1, 0.15) is 26.1 Å². The number of nitrogen functional groups attached to an aromatic ring is 2. The Morgan fingerprint density at radius 3 is 2.64 bits per heavy atom. The third-order valence-corrected chi connectivity index (χ3v) is 8.78. The number of urea groups is 1. The van der Waals surface area contributed by atoms with E-state index in [2.05, 4.69) is 25.1 Å². The van der Waals surface area contributed by atoms with Crippen LogP contribution in [0.3, 0.4) is 0 Å². The van der Waals surface area contributed by atoms with Crippen molar-refractivity contribution < 1.29 is 44.1 Å². The zero-order chi connectivity index (χ0) is 32.3. The number of carbonyl (C=O) groups is 5. The van der Waals surface area contributed by atoms with Crippen molar-refractivity contribution in [2.45, 2.75) is 37.8 Å². The number of Topliss-reactive ketones (excluding diaryl/α,β-unsaturated/α-hetero) is 1. The maximum absolute atomic E-state index is 13.3. The SMILES string of the molecule is Cn1c(N)c(NC(=O)NCCN)c[n+]1CC1=C(C=O)N2C(=O)[C@@H](CC(=O)/C(=N\OC(C)(C)C(=O)O)c3nsc(N)n3)C2SC1.[OH-]. The molecule has 3 amide bonds. The van der Waals surface area contributed by atoms with Crippen LogP contribution in [0.2, 0.25) is 0 Å². The fourth-order valence-electron chi connectivity index (χ4n) is 4.31. The van der Waals surface area contributed by atoms with Crippen LogP contribution in [0.25, 0.3) is 0 Å². The lowest BCUT2D eigenvalue weighted by molar-refractivity contribution is -0.765. The number of anilines is 3. The smallest absolute Gasteiger partial charge is 0.350 e. The van der Waals surface area contributed by atoms with Gasteiger partial charge in [0.2, 0.25) is 23.5 Å². The Bertz CT molecular complexity index is 1570. The lowest BCUT2D eigenvalue weighted by Gasteiger charge is -2.49. The predicted molar refractivity (Wildman–Crippen MR) is 161 cm³/mol. The van der Waals surface area contributed by atoms with Gasteiger partial charge in [-0.1, -0.05) is 5.16 Å². The first-order valence-electron chi connectivity index (χ1n) is 13.1. The summed E-state index contributed by atoms with van der Waals surface area (Å²) >= 11 is 2.18. The molecule has 0 aliphatic carbocycles. The van der Waals surface area contributed by atoms with Crippen molar-refractivity contribution in [1.82, 2.24) is 24.3 Å². The van der Waals surface area contributed by atoms with Gasteiger partial charge in [-0.15, -0.1) is 21.1 Å². The van der Waals surface area contributed by atoms with E-state index in [0.717, 1.165) is 11.5 Å². The van der Waals surface area contributed by atoms with Gasteiger partial charge in [-0.2, -0.15) is 9.36 Å². The number of amides is 3. The molecule has 2 atom stereocenters. The quantitative estimate of drug-likeness (QED) is 0.0464. The maximum atomic E-state index is 13.3. The van der Waals surface area contributed by atoms with Gasteiger partial charge in [0.15, 0.2) is 41.0 Å². The summed E-state index contributed by atoms with van der Waals surface area (Å²) in [6, 6.07) is -0.477. The molecule has 4 rings (SSSR count). The first-order chi connectivity index (χ1) is 20.8. The number of carbonyl (C=O) groups excluding carboxylic acids is 4. The molecule has 1 saturated heterocycles. The third kappa shape index (κ3) is 7.21. The molecule has 244 valence electrons. The van der Waals surface area contributed by atoms with Crippen LogP contribution < -0.4 is 32.5 Å². The van der Waals surface area contributed by atoms with Crippen molar-refractivity contribution in [1.29, 1.82) is 0 Å². The van der Waals surface area contributed by atoms with E-state index in [0.29, 0.717) is 23.3 Å². The van der Waals surface area contributed by atoms with Crippen LogP contribution in [-0.2, 0) is 37.6 Å². The second kappa shape index (κ2) is 14.0. The minimum Gasteiger partial charge on any atom is -0.870 e. The maximum Gasteiger partial charge on any atom is 0.350 e. The number of hydrogen-bond acceptors (Lipinski definition) is 15. The van der Waals surface area contributed by atoms with E-state index in [9.17, 15) is 29.1 Å². The molecule has 0 bridgehead atoms. The second-order valence-electron chi connectivity index (χ2n) is 10.3. The highest BCUT2D eigenvalue weighted by Gasteiger charge is 2.53. The van der Waals surface area contributed by atoms with Crippen molar-refractivity contribution in [3.8, 4) is 0 Å². The zero-order valence-corrected chi connectivity index (χ0v) is 26.1. The number of thioether (sulfide) groups is 1. The molecule has 2 aliphatic heterocycles. The summed E-state index contributed by atoms with van der Waals surface area (Å²) in [5, 5.41) is 17.9. The van der Waals surface area contributed by atoms with E-state index < -0.39 is 40.6 Å². The van der Waals surface area contributed by atoms with Crippen LogP contribution in [0.15, 0.2) is 22.6 Å². The van der Waals surface area contributed by atoms with Crippen molar-refractivity contribution in [2.75, 3.05) is 35.6 Å². The van der Waals surface area contributed by atoms with Crippen LogP contribution in [-0.4, -0.2) is 95.0 Å². The molecule has 2 aliphatic rings. The summed E-state index contributed by atoms with van der Waals surface area (Å²) in [5.74, 6) is -2.73. The number of oxime groups is 1. The number of nitrogens with zero attached hydrogens (tertiary/aromatic N) is 6. The molecular weight excluding hydrogens is 634 g/mol. The fourth-order valence-corrected chi connectivity index (χ4v) is 6.17. The molecule has 10 N–H and O–H groups in total. The zero-order valence-electron chi connectivity index (χ0n) is 24.4. The van der Waals surface area contributed by atoms with E-state index in [-0.39, 0.29) is 59.7 Å². The van der Waals surface area contributed by atoms with E-state index >= 15 is 0 Å². The predicted octanol–water partition coefficient (Wildman–Crippen LogP) is -1.54. The van der Waals surface area contributed by atoms with Crippen LogP contribution in [0.4, 0.5) is 21.4 Å². The Kier molecular flexibility index (Phi) is 10.9. The summed E-state index contributed by atoms with van der Waals surface area (Å²) in [6.45, 7) is 3.25. The Morgan fingerprint density at radius 2 is 2.04 bits per heavy atom. The molecule has 2 aromatic heterocycles. The normalized spacial score (nSPS) is 18.0. The highest BCUT2D eigenvalue weighted by molar-refractivity contribution is 8.00. The number of aromatic nitrogens is 4. The van der Waals surface area contributed by atoms with Crippen molar-refractivity contribution in [3.63, 3.8) is 0 Å².